The Bertz CT molecular complexity index is 405. The standard InChI is InChI=1S/C22H39NO/c1-3-5-7-9-10-12-15-20(14-11-8-6-4-2)19-24-22-17-13-16-21(23)18-22/h13,16-18,20H,3-12,14-15,19,23H2,1-2H3. The molecule has 0 aliphatic carbocycles. The van der Waals surface area contributed by atoms with Gasteiger partial charge in [0.25, 0.3) is 0 Å². The van der Waals surface area contributed by atoms with Gasteiger partial charge in [0.1, 0.15) is 5.75 Å². The molecule has 1 aromatic rings. The first kappa shape index (κ1) is 20.9. The lowest BCUT2D eigenvalue weighted by Crippen LogP contribution is -2.12. The van der Waals surface area contributed by atoms with Gasteiger partial charge in [-0.3, -0.25) is 0 Å². The molecule has 0 amide bonds. The zero-order valence-electron chi connectivity index (χ0n) is 16.1. The number of rotatable bonds is 15. The number of nitrogen functional groups attached to an aromatic ring is 1. The van der Waals surface area contributed by atoms with Gasteiger partial charge in [-0.25, -0.2) is 0 Å². The van der Waals surface area contributed by atoms with Crippen molar-refractivity contribution in [3.63, 3.8) is 0 Å². The second kappa shape index (κ2) is 14.2. The van der Waals surface area contributed by atoms with Crippen molar-refractivity contribution in [1.82, 2.24) is 0 Å². The van der Waals surface area contributed by atoms with Crippen molar-refractivity contribution in [3.05, 3.63) is 24.3 Å². The summed E-state index contributed by atoms with van der Waals surface area (Å²) in [5, 5.41) is 0. The molecule has 1 aromatic carbocycles. The molecule has 2 nitrogen and oxygen atoms in total. The first-order chi connectivity index (χ1) is 11.8. The van der Waals surface area contributed by atoms with Crippen LogP contribution in [0.5, 0.6) is 5.75 Å². The molecule has 0 aliphatic heterocycles. The van der Waals surface area contributed by atoms with Crippen molar-refractivity contribution < 1.29 is 4.74 Å². The zero-order chi connectivity index (χ0) is 17.5. The number of nitrogens with two attached hydrogens (primary N) is 1. The predicted molar refractivity (Wildman–Crippen MR) is 107 cm³/mol. The number of benzene rings is 1. The topological polar surface area (TPSA) is 35.2 Å². The van der Waals surface area contributed by atoms with E-state index in [9.17, 15) is 0 Å². The van der Waals surface area contributed by atoms with E-state index in [0.717, 1.165) is 18.0 Å². The van der Waals surface area contributed by atoms with Crippen LogP contribution >= 0.6 is 0 Å². The van der Waals surface area contributed by atoms with E-state index >= 15 is 0 Å². The predicted octanol–water partition coefficient (Wildman–Crippen LogP) is 6.98. The van der Waals surface area contributed by atoms with Gasteiger partial charge in [0, 0.05) is 11.8 Å². The highest BCUT2D eigenvalue weighted by molar-refractivity contribution is 5.43. The molecule has 0 heterocycles. The molecule has 0 spiro atoms. The molecular formula is C22H39NO. The fourth-order valence-electron chi connectivity index (χ4n) is 3.20. The summed E-state index contributed by atoms with van der Waals surface area (Å²) in [7, 11) is 0. The van der Waals surface area contributed by atoms with E-state index in [1.54, 1.807) is 0 Å². The summed E-state index contributed by atoms with van der Waals surface area (Å²) >= 11 is 0. The van der Waals surface area contributed by atoms with E-state index in [1.807, 2.05) is 24.3 Å². The van der Waals surface area contributed by atoms with Gasteiger partial charge in [0.2, 0.25) is 0 Å². The van der Waals surface area contributed by atoms with E-state index in [0.29, 0.717) is 5.92 Å². The fourth-order valence-corrected chi connectivity index (χ4v) is 3.20. The Labute approximate surface area is 150 Å². The Morgan fingerprint density at radius 3 is 2.04 bits per heavy atom. The van der Waals surface area contributed by atoms with E-state index in [1.165, 1.54) is 77.0 Å². The Morgan fingerprint density at radius 2 is 1.42 bits per heavy atom. The molecule has 2 N–H and O–H groups in total. The Hall–Kier alpha value is -1.18. The van der Waals surface area contributed by atoms with E-state index in [4.69, 9.17) is 10.5 Å². The number of hydrogen-bond acceptors (Lipinski definition) is 2. The smallest absolute Gasteiger partial charge is 0.121 e. The van der Waals surface area contributed by atoms with Crippen molar-refractivity contribution in [2.24, 2.45) is 5.92 Å². The largest absolute Gasteiger partial charge is 0.493 e. The third-order valence-corrected chi connectivity index (χ3v) is 4.78. The van der Waals surface area contributed by atoms with E-state index in [2.05, 4.69) is 13.8 Å². The molecule has 0 aromatic heterocycles. The van der Waals surface area contributed by atoms with Gasteiger partial charge in [-0.05, 0) is 30.9 Å². The van der Waals surface area contributed by atoms with Crippen molar-refractivity contribution in [2.75, 3.05) is 12.3 Å². The van der Waals surface area contributed by atoms with Gasteiger partial charge in [-0.1, -0.05) is 84.1 Å². The van der Waals surface area contributed by atoms with Crippen LogP contribution in [0.25, 0.3) is 0 Å². The second-order valence-electron chi connectivity index (χ2n) is 7.16. The summed E-state index contributed by atoms with van der Waals surface area (Å²) in [6.45, 7) is 5.39. The fraction of sp³-hybridized carbons (Fsp3) is 0.727. The quantitative estimate of drug-likeness (QED) is 0.277. The van der Waals surface area contributed by atoms with Crippen molar-refractivity contribution in [1.29, 1.82) is 0 Å². The number of hydrogen-bond donors (Lipinski definition) is 1. The lowest BCUT2D eigenvalue weighted by Gasteiger charge is -2.18. The lowest BCUT2D eigenvalue weighted by molar-refractivity contribution is 0.224. The molecule has 138 valence electrons. The van der Waals surface area contributed by atoms with Crippen molar-refractivity contribution >= 4 is 5.69 Å². The molecule has 1 rings (SSSR count). The Morgan fingerprint density at radius 1 is 0.833 bits per heavy atom. The minimum absolute atomic E-state index is 0.689. The third kappa shape index (κ3) is 10.6. The molecule has 1 unspecified atom stereocenters. The maximum atomic E-state index is 6.02. The SMILES string of the molecule is CCCCCCCCC(CCCCCC)COc1cccc(N)c1. The molecule has 0 bridgehead atoms. The number of anilines is 1. The van der Waals surface area contributed by atoms with Crippen LogP contribution in [0.4, 0.5) is 5.69 Å². The molecule has 0 radical (unpaired) electrons. The van der Waals surface area contributed by atoms with Crippen LogP contribution in [0, 0.1) is 5.92 Å². The molecule has 0 saturated heterocycles. The van der Waals surface area contributed by atoms with Gasteiger partial charge < -0.3 is 10.5 Å². The molecule has 0 saturated carbocycles. The number of ether oxygens (including phenoxy) is 1. The Balaban J connectivity index is 2.30. The van der Waals surface area contributed by atoms with Gasteiger partial charge in [-0.15, -0.1) is 0 Å². The molecule has 24 heavy (non-hydrogen) atoms. The summed E-state index contributed by atoms with van der Waals surface area (Å²) in [4.78, 5) is 0. The molecule has 2 heteroatoms. The maximum Gasteiger partial charge on any atom is 0.121 e. The molecule has 0 aliphatic rings. The second-order valence-corrected chi connectivity index (χ2v) is 7.16. The van der Waals surface area contributed by atoms with E-state index < -0.39 is 0 Å². The summed E-state index contributed by atoms with van der Waals surface area (Å²) in [5.41, 5.74) is 6.62. The van der Waals surface area contributed by atoms with Crippen LogP contribution in [0.2, 0.25) is 0 Å². The molecular weight excluding hydrogens is 294 g/mol. The number of unbranched alkanes of at least 4 members (excludes halogenated alkanes) is 8. The van der Waals surface area contributed by atoms with Crippen LogP contribution in [0.15, 0.2) is 24.3 Å². The van der Waals surface area contributed by atoms with Crippen molar-refractivity contribution in [2.45, 2.75) is 90.9 Å². The summed E-state index contributed by atoms with van der Waals surface area (Å²) in [6, 6.07) is 7.81. The minimum atomic E-state index is 0.689. The van der Waals surface area contributed by atoms with Crippen LogP contribution < -0.4 is 10.5 Å². The first-order valence-electron chi connectivity index (χ1n) is 10.2. The van der Waals surface area contributed by atoms with Gasteiger partial charge >= 0.3 is 0 Å². The molecule has 1 atom stereocenters. The van der Waals surface area contributed by atoms with E-state index in [-0.39, 0.29) is 0 Å². The highest BCUT2D eigenvalue weighted by Gasteiger charge is 2.10. The van der Waals surface area contributed by atoms with Crippen LogP contribution in [0.1, 0.15) is 90.9 Å². The van der Waals surface area contributed by atoms with Gasteiger partial charge in [-0.2, -0.15) is 0 Å². The van der Waals surface area contributed by atoms with Gasteiger partial charge in [0.15, 0.2) is 0 Å². The normalized spacial score (nSPS) is 12.2. The third-order valence-electron chi connectivity index (χ3n) is 4.78. The Kier molecular flexibility index (Phi) is 12.3. The summed E-state index contributed by atoms with van der Waals surface area (Å²) in [6.07, 6.45) is 16.2. The summed E-state index contributed by atoms with van der Waals surface area (Å²) in [5.74, 6) is 1.60. The monoisotopic (exact) mass is 333 g/mol. The first-order valence-corrected chi connectivity index (χ1v) is 10.2. The average molecular weight is 334 g/mol. The average Bonchev–Trinajstić information content (AvgIpc) is 2.58. The zero-order valence-corrected chi connectivity index (χ0v) is 16.1. The van der Waals surface area contributed by atoms with Crippen molar-refractivity contribution in [3.8, 4) is 5.75 Å². The maximum absolute atomic E-state index is 6.02. The lowest BCUT2D eigenvalue weighted by atomic mass is 9.95. The van der Waals surface area contributed by atoms with Crippen LogP contribution in [-0.2, 0) is 0 Å². The van der Waals surface area contributed by atoms with Crippen LogP contribution in [-0.4, -0.2) is 6.61 Å². The highest BCUT2D eigenvalue weighted by atomic mass is 16.5. The van der Waals surface area contributed by atoms with Gasteiger partial charge in [0.05, 0.1) is 6.61 Å². The molecule has 0 fully saturated rings. The highest BCUT2D eigenvalue weighted by Crippen LogP contribution is 2.21. The minimum Gasteiger partial charge on any atom is -0.493 e. The van der Waals surface area contributed by atoms with Crippen LogP contribution in [0.3, 0.4) is 0 Å². The summed E-state index contributed by atoms with van der Waals surface area (Å²) < 4.78 is 6.02.